The number of anilines is 1. The molecule has 112 valence electrons. The number of hydrogen-bond donors (Lipinski definition) is 3. The van der Waals surface area contributed by atoms with Crippen molar-refractivity contribution in [3.8, 4) is 0 Å². The number of nitrogens with two attached hydrogens (primary N) is 1. The lowest BCUT2D eigenvalue weighted by Crippen LogP contribution is -2.26. The second kappa shape index (κ2) is 10.5. The lowest BCUT2D eigenvalue weighted by molar-refractivity contribution is -0.120. The maximum absolute atomic E-state index is 11.3. The second-order valence-electron chi connectivity index (χ2n) is 4.36. The van der Waals surface area contributed by atoms with Gasteiger partial charge in [-0.15, -0.1) is 24.0 Å². The molecule has 0 unspecified atom stereocenters. The Labute approximate surface area is 137 Å². The predicted octanol–water partition coefficient (Wildman–Crippen LogP) is 2.26. The van der Waals surface area contributed by atoms with Crippen LogP contribution in [0.1, 0.15) is 25.3 Å². The molecule has 0 aromatic heterocycles. The molecule has 0 saturated heterocycles. The number of nitrogens with zero attached hydrogens (tertiary/aromatic N) is 1. The van der Waals surface area contributed by atoms with E-state index >= 15 is 0 Å². The number of amides is 1. The highest BCUT2D eigenvalue weighted by atomic mass is 127. The van der Waals surface area contributed by atoms with E-state index in [2.05, 4.69) is 15.6 Å². The lowest BCUT2D eigenvalue weighted by atomic mass is 10.2. The molecule has 0 heterocycles. The highest BCUT2D eigenvalue weighted by molar-refractivity contribution is 14.0. The third-order valence-corrected chi connectivity index (χ3v) is 2.52. The predicted molar refractivity (Wildman–Crippen MR) is 94.6 cm³/mol. The van der Waals surface area contributed by atoms with Crippen LogP contribution in [0.5, 0.6) is 0 Å². The standard InChI is InChI=1S/C14H22N4O.HI/c1-3-9-16-13(19)8-10-17-14(15)18-12-6-4-11(2)5-7-12;/h4-7H,3,8-10H2,1-2H3,(H,16,19)(H3,15,17,18);1H. The minimum absolute atomic E-state index is 0. The van der Waals surface area contributed by atoms with Gasteiger partial charge >= 0.3 is 0 Å². The van der Waals surface area contributed by atoms with Crippen molar-refractivity contribution < 1.29 is 4.79 Å². The summed E-state index contributed by atoms with van der Waals surface area (Å²) in [6, 6.07) is 7.86. The molecule has 0 spiro atoms. The zero-order valence-electron chi connectivity index (χ0n) is 12.0. The van der Waals surface area contributed by atoms with Crippen LogP contribution >= 0.6 is 24.0 Å². The van der Waals surface area contributed by atoms with Gasteiger partial charge in [-0.25, -0.2) is 0 Å². The summed E-state index contributed by atoms with van der Waals surface area (Å²) < 4.78 is 0. The number of guanidine groups is 1. The van der Waals surface area contributed by atoms with Crippen LogP contribution in [-0.4, -0.2) is 25.0 Å². The summed E-state index contributed by atoms with van der Waals surface area (Å²) in [6.07, 6.45) is 1.29. The van der Waals surface area contributed by atoms with Gasteiger partial charge in [-0.1, -0.05) is 24.6 Å². The topological polar surface area (TPSA) is 79.5 Å². The number of carbonyl (C=O) groups excluding carboxylic acids is 1. The number of carbonyl (C=O) groups is 1. The highest BCUT2D eigenvalue weighted by Gasteiger charge is 1.99. The van der Waals surface area contributed by atoms with Gasteiger partial charge in [-0.3, -0.25) is 9.79 Å². The molecule has 1 amide bonds. The van der Waals surface area contributed by atoms with Gasteiger partial charge in [0.25, 0.3) is 0 Å². The quantitative estimate of drug-likeness (QED) is 0.396. The van der Waals surface area contributed by atoms with Crippen LogP contribution in [0.3, 0.4) is 0 Å². The Kier molecular flexibility index (Phi) is 9.79. The average Bonchev–Trinajstić information content (AvgIpc) is 2.39. The Bertz CT molecular complexity index is 431. The van der Waals surface area contributed by atoms with Crippen molar-refractivity contribution in [2.75, 3.05) is 18.4 Å². The summed E-state index contributed by atoms with van der Waals surface area (Å²) in [4.78, 5) is 15.5. The first kappa shape index (κ1) is 18.7. The number of aryl methyl sites for hydroxylation is 1. The van der Waals surface area contributed by atoms with Crippen molar-refractivity contribution in [3.63, 3.8) is 0 Å². The van der Waals surface area contributed by atoms with E-state index in [1.165, 1.54) is 5.56 Å². The van der Waals surface area contributed by atoms with Crippen molar-refractivity contribution in [1.29, 1.82) is 0 Å². The number of rotatable bonds is 6. The molecular formula is C14H23IN4O. The van der Waals surface area contributed by atoms with Crippen molar-refractivity contribution in [2.24, 2.45) is 10.7 Å². The van der Waals surface area contributed by atoms with E-state index in [-0.39, 0.29) is 29.9 Å². The van der Waals surface area contributed by atoms with Crippen LogP contribution in [0.2, 0.25) is 0 Å². The molecule has 1 aromatic carbocycles. The molecule has 1 aromatic rings. The first-order chi connectivity index (χ1) is 9.11. The SMILES string of the molecule is CCCNC(=O)CCN=C(N)Nc1ccc(C)cc1.I. The molecule has 0 radical (unpaired) electrons. The van der Waals surface area contributed by atoms with Crippen LogP contribution in [0, 0.1) is 6.92 Å². The smallest absolute Gasteiger partial charge is 0.221 e. The van der Waals surface area contributed by atoms with E-state index in [9.17, 15) is 4.79 Å². The number of hydrogen-bond acceptors (Lipinski definition) is 2. The highest BCUT2D eigenvalue weighted by Crippen LogP contribution is 2.07. The molecule has 0 aliphatic carbocycles. The summed E-state index contributed by atoms with van der Waals surface area (Å²) in [5, 5.41) is 5.77. The van der Waals surface area contributed by atoms with Gasteiger partial charge in [0.2, 0.25) is 5.91 Å². The van der Waals surface area contributed by atoms with Gasteiger partial charge < -0.3 is 16.4 Å². The molecule has 4 N–H and O–H groups in total. The number of halogens is 1. The van der Waals surface area contributed by atoms with Gasteiger partial charge in [0.15, 0.2) is 5.96 Å². The Morgan fingerprint density at radius 1 is 1.30 bits per heavy atom. The number of benzene rings is 1. The summed E-state index contributed by atoms with van der Waals surface area (Å²) in [5.41, 5.74) is 7.82. The molecule has 0 fully saturated rings. The zero-order chi connectivity index (χ0) is 14.1. The van der Waals surface area contributed by atoms with E-state index in [1.807, 2.05) is 38.1 Å². The first-order valence-corrected chi connectivity index (χ1v) is 6.52. The van der Waals surface area contributed by atoms with Crippen LogP contribution in [0.15, 0.2) is 29.3 Å². The minimum atomic E-state index is 0. The molecule has 0 bridgehead atoms. The molecule has 0 atom stereocenters. The van der Waals surface area contributed by atoms with Crippen molar-refractivity contribution in [1.82, 2.24) is 5.32 Å². The molecule has 0 aliphatic rings. The fraction of sp³-hybridized carbons (Fsp3) is 0.429. The number of aliphatic imine (C=N–C) groups is 1. The molecule has 6 heteroatoms. The summed E-state index contributed by atoms with van der Waals surface area (Å²) in [6.45, 7) is 5.14. The Morgan fingerprint density at radius 2 is 1.95 bits per heavy atom. The summed E-state index contributed by atoms with van der Waals surface area (Å²) in [7, 11) is 0. The molecule has 20 heavy (non-hydrogen) atoms. The van der Waals surface area contributed by atoms with E-state index in [4.69, 9.17) is 5.73 Å². The average molecular weight is 390 g/mol. The Morgan fingerprint density at radius 3 is 2.55 bits per heavy atom. The monoisotopic (exact) mass is 390 g/mol. The second-order valence-corrected chi connectivity index (χ2v) is 4.36. The van der Waals surface area contributed by atoms with Crippen LogP contribution in [-0.2, 0) is 4.79 Å². The third-order valence-electron chi connectivity index (χ3n) is 2.52. The largest absolute Gasteiger partial charge is 0.370 e. The first-order valence-electron chi connectivity index (χ1n) is 6.52. The normalized spacial score (nSPS) is 10.6. The molecule has 5 nitrogen and oxygen atoms in total. The van der Waals surface area contributed by atoms with E-state index in [1.54, 1.807) is 0 Å². The molecule has 0 saturated carbocycles. The third kappa shape index (κ3) is 7.98. The maximum Gasteiger partial charge on any atom is 0.221 e. The van der Waals surface area contributed by atoms with Gasteiger partial charge in [-0.2, -0.15) is 0 Å². The molecular weight excluding hydrogens is 367 g/mol. The summed E-state index contributed by atoms with van der Waals surface area (Å²) >= 11 is 0. The van der Waals surface area contributed by atoms with Crippen LogP contribution < -0.4 is 16.4 Å². The van der Waals surface area contributed by atoms with E-state index < -0.39 is 0 Å². The fourth-order valence-electron chi connectivity index (χ4n) is 1.46. The van der Waals surface area contributed by atoms with Gasteiger partial charge in [0.05, 0.1) is 6.54 Å². The Hall–Kier alpha value is -1.31. The Balaban J connectivity index is 0.00000361. The van der Waals surface area contributed by atoms with Crippen LogP contribution in [0.25, 0.3) is 0 Å². The lowest BCUT2D eigenvalue weighted by Gasteiger charge is -2.06. The van der Waals surface area contributed by atoms with Crippen molar-refractivity contribution in [2.45, 2.75) is 26.7 Å². The summed E-state index contributed by atoms with van der Waals surface area (Å²) in [5.74, 6) is 0.334. The van der Waals surface area contributed by atoms with Crippen molar-refractivity contribution >= 4 is 41.5 Å². The van der Waals surface area contributed by atoms with Crippen molar-refractivity contribution in [3.05, 3.63) is 29.8 Å². The van der Waals surface area contributed by atoms with E-state index in [0.717, 1.165) is 12.1 Å². The van der Waals surface area contributed by atoms with E-state index in [0.29, 0.717) is 25.5 Å². The molecule has 0 aliphatic heterocycles. The van der Waals surface area contributed by atoms with Gasteiger partial charge in [-0.05, 0) is 25.5 Å². The van der Waals surface area contributed by atoms with Crippen LogP contribution in [0.4, 0.5) is 5.69 Å². The maximum atomic E-state index is 11.3. The fourth-order valence-corrected chi connectivity index (χ4v) is 1.46. The van der Waals surface area contributed by atoms with Gasteiger partial charge in [0.1, 0.15) is 0 Å². The zero-order valence-corrected chi connectivity index (χ0v) is 14.3. The molecule has 1 rings (SSSR count). The number of nitrogens with one attached hydrogen (secondary N) is 2. The minimum Gasteiger partial charge on any atom is -0.370 e. The van der Waals surface area contributed by atoms with Gasteiger partial charge in [0, 0.05) is 18.7 Å².